The third-order valence-corrected chi connectivity index (χ3v) is 6.05. The largest absolute Gasteiger partial charge is 0.379 e. The van der Waals surface area contributed by atoms with E-state index in [9.17, 15) is 4.79 Å². The molecule has 3 heterocycles. The van der Waals surface area contributed by atoms with Crippen molar-refractivity contribution < 1.29 is 9.53 Å². The summed E-state index contributed by atoms with van der Waals surface area (Å²) in [5.74, 6) is 0.805. The van der Waals surface area contributed by atoms with Crippen LogP contribution in [0.1, 0.15) is 10.5 Å². The van der Waals surface area contributed by atoms with E-state index >= 15 is 0 Å². The Morgan fingerprint density at radius 3 is 2.45 bits per heavy atom. The van der Waals surface area contributed by atoms with Crippen molar-refractivity contribution in [2.75, 3.05) is 32.8 Å². The van der Waals surface area contributed by atoms with Crippen molar-refractivity contribution >= 4 is 39.0 Å². The molecule has 2 aromatic carbocycles. The van der Waals surface area contributed by atoms with Gasteiger partial charge in [0.05, 0.1) is 24.2 Å². The summed E-state index contributed by atoms with van der Waals surface area (Å²) in [5, 5.41) is 0. The van der Waals surface area contributed by atoms with Gasteiger partial charge in [-0.05, 0) is 24.3 Å². The highest BCUT2D eigenvalue weighted by Crippen LogP contribution is 2.29. The van der Waals surface area contributed by atoms with Crippen LogP contribution in [0.3, 0.4) is 0 Å². The number of para-hydroxylation sites is 2. The van der Waals surface area contributed by atoms with Gasteiger partial charge in [0.15, 0.2) is 6.29 Å². The molecular weight excluding hydrogens is 432 g/mol. The minimum Gasteiger partial charge on any atom is -0.379 e. The molecule has 0 atom stereocenters. The van der Waals surface area contributed by atoms with Crippen molar-refractivity contribution in [3.8, 4) is 11.3 Å². The van der Waals surface area contributed by atoms with Crippen LogP contribution in [-0.2, 0) is 11.3 Å². The van der Waals surface area contributed by atoms with Gasteiger partial charge in [-0.15, -0.1) is 0 Å². The number of carbonyl (C=O) groups excluding carboxylic acids is 1. The van der Waals surface area contributed by atoms with Crippen molar-refractivity contribution in [3.63, 3.8) is 0 Å². The van der Waals surface area contributed by atoms with E-state index in [4.69, 9.17) is 9.72 Å². The molecule has 29 heavy (non-hydrogen) atoms. The number of rotatable bonds is 5. The number of benzene rings is 2. The first kappa shape index (κ1) is 18.5. The Morgan fingerprint density at radius 2 is 1.72 bits per heavy atom. The molecule has 0 bridgehead atoms. The lowest BCUT2D eigenvalue weighted by molar-refractivity contribution is 0.0366. The Labute approximate surface area is 176 Å². The zero-order valence-electron chi connectivity index (χ0n) is 15.9. The molecule has 4 aromatic rings. The highest BCUT2D eigenvalue weighted by Gasteiger charge is 2.21. The lowest BCUT2D eigenvalue weighted by Gasteiger charge is -2.26. The van der Waals surface area contributed by atoms with Crippen LogP contribution >= 0.6 is 15.9 Å². The molecule has 5 rings (SSSR count). The fraction of sp³-hybridized carbons (Fsp3) is 0.273. The van der Waals surface area contributed by atoms with Crippen molar-refractivity contribution in [1.29, 1.82) is 0 Å². The number of hydrogen-bond acceptors (Lipinski definition) is 4. The lowest BCUT2D eigenvalue weighted by Crippen LogP contribution is -2.38. The molecule has 1 saturated heterocycles. The zero-order chi connectivity index (χ0) is 19.8. The van der Waals surface area contributed by atoms with E-state index in [0.717, 1.165) is 72.5 Å². The van der Waals surface area contributed by atoms with Crippen molar-refractivity contribution in [3.05, 3.63) is 58.7 Å². The number of nitrogens with zero attached hydrogens (tertiary/aromatic N) is 4. The van der Waals surface area contributed by atoms with Crippen LogP contribution in [0.5, 0.6) is 0 Å². The van der Waals surface area contributed by atoms with Crippen LogP contribution in [-0.4, -0.2) is 58.0 Å². The first-order valence-corrected chi connectivity index (χ1v) is 10.6. The van der Waals surface area contributed by atoms with Crippen LogP contribution in [0.15, 0.2) is 53.0 Å². The van der Waals surface area contributed by atoms with Gasteiger partial charge < -0.3 is 9.30 Å². The third-order valence-electron chi connectivity index (χ3n) is 5.52. The van der Waals surface area contributed by atoms with Gasteiger partial charge in [0, 0.05) is 36.2 Å². The molecule has 0 amide bonds. The molecule has 0 N–H and O–H groups in total. The summed E-state index contributed by atoms with van der Waals surface area (Å²) in [6, 6.07) is 16.1. The average Bonchev–Trinajstić information content (AvgIpc) is 3.28. The first-order valence-electron chi connectivity index (χ1n) is 9.77. The van der Waals surface area contributed by atoms with Crippen molar-refractivity contribution in [1.82, 2.24) is 18.9 Å². The van der Waals surface area contributed by atoms with E-state index < -0.39 is 0 Å². The van der Waals surface area contributed by atoms with Gasteiger partial charge in [-0.25, -0.2) is 4.98 Å². The van der Waals surface area contributed by atoms with Crippen LogP contribution in [0.2, 0.25) is 0 Å². The minimum atomic E-state index is 0.587. The summed E-state index contributed by atoms with van der Waals surface area (Å²) in [6.07, 6.45) is 0.913. The third kappa shape index (κ3) is 3.29. The average molecular weight is 453 g/mol. The van der Waals surface area contributed by atoms with E-state index in [1.165, 1.54) is 0 Å². The molecule has 1 fully saturated rings. The summed E-state index contributed by atoms with van der Waals surface area (Å²) in [7, 11) is 0. The molecule has 7 heteroatoms. The molecule has 1 aliphatic rings. The number of fused-ring (bicyclic) bond motifs is 3. The van der Waals surface area contributed by atoms with E-state index in [2.05, 4.69) is 31.5 Å². The molecule has 6 nitrogen and oxygen atoms in total. The number of imidazole rings is 2. The maximum Gasteiger partial charge on any atom is 0.216 e. The number of hydrogen-bond donors (Lipinski definition) is 0. The van der Waals surface area contributed by atoms with Crippen LogP contribution in [0, 0.1) is 0 Å². The monoisotopic (exact) mass is 452 g/mol. The molecule has 2 aromatic heterocycles. The van der Waals surface area contributed by atoms with Crippen LogP contribution in [0.4, 0.5) is 0 Å². The number of ether oxygens (including phenoxy) is 1. The summed E-state index contributed by atoms with van der Waals surface area (Å²) in [6.45, 7) is 5.21. The Morgan fingerprint density at radius 1 is 1.00 bits per heavy atom. The summed E-state index contributed by atoms with van der Waals surface area (Å²) in [5.41, 5.74) is 4.33. The molecule has 148 valence electrons. The molecule has 0 saturated carbocycles. The second-order valence-electron chi connectivity index (χ2n) is 7.20. The molecule has 0 unspecified atom stereocenters. The Kier molecular flexibility index (Phi) is 4.95. The van der Waals surface area contributed by atoms with Crippen LogP contribution in [0.25, 0.3) is 28.1 Å². The maximum absolute atomic E-state index is 12.1. The number of morpholine rings is 1. The summed E-state index contributed by atoms with van der Waals surface area (Å²) >= 11 is 3.47. The van der Waals surface area contributed by atoms with Gasteiger partial charge in [-0.2, -0.15) is 0 Å². The van der Waals surface area contributed by atoms with Gasteiger partial charge >= 0.3 is 0 Å². The summed E-state index contributed by atoms with van der Waals surface area (Å²) in [4.78, 5) is 19.4. The number of aldehydes is 1. The standard InChI is InChI=1S/C22H21BrN4O2/c23-17-7-5-16(6-8-17)21-20(15-28)27-19-4-2-1-3-18(19)26(22(27)24-21)10-9-25-11-13-29-14-12-25/h1-8,15H,9-14H2. The van der Waals surface area contributed by atoms with Gasteiger partial charge in [0.2, 0.25) is 5.78 Å². The lowest BCUT2D eigenvalue weighted by atomic mass is 10.1. The molecule has 0 radical (unpaired) electrons. The van der Waals surface area contributed by atoms with Crippen molar-refractivity contribution in [2.24, 2.45) is 0 Å². The van der Waals surface area contributed by atoms with Crippen molar-refractivity contribution in [2.45, 2.75) is 6.54 Å². The SMILES string of the molecule is O=Cc1c(-c2ccc(Br)cc2)nc2n(CCN3CCOCC3)c3ccccc3n12. The van der Waals surface area contributed by atoms with E-state index in [1.807, 2.05) is 46.9 Å². The number of halogens is 1. The van der Waals surface area contributed by atoms with E-state index in [1.54, 1.807) is 0 Å². The number of carbonyl (C=O) groups is 1. The maximum atomic E-state index is 12.1. The zero-order valence-corrected chi connectivity index (χ0v) is 17.5. The van der Waals surface area contributed by atoms with Gasteiger partial charge in [-0.1, -0.05) is 40.2 Å². The van der Waals surface area contributed by atoms with E-state index in [0.29, 0.717) is 11.4 Å². The van der Waals surface area contributed by atoms with E-state index in [-0.39, 0.29) is 0 Å². The summed E-state index contributed by atoms with van der Waals surface area (Å²) < 4.78 is 10.7. The predicted octanol–water partition coefficient (Wildman–Crippen LogP) is 3.86. The molecule has 0 aliphatic carbocycles. The molecule has 1 aliphatic heterocycles. The number of aromatic nitrogens is 3. The fourth-order valence-electron chi connectivity index (χ4n) is 4.04. The first-order chi connectivity index (χ1) is 14.3. The Balaban J connectivity index is 1.64. The second-order valence-corrected chi connectivity index (χ2v) is 8.12. The highest BCUT2D eigenvalue weighted by atomic mass is 79.9. The van der Waals surface area contributed by atoms with Crippen LogP contribution < -0.4 is 0 Å². The fourth-order valence-corrected chi connectivity index (χ4v) is 4.31. The topological polar surface area (TPSA) is 51.8 Å². The Hall–Kier alpha value is -2.48. The van der Waals surface area contributed by atoms with Gasteiger partial charge in [0.25, 0.3) is 0 Å². The predicted molar refractivity (Wildman–Crippen MR) is 116 cm³/mol. The second kappa shape index (κ2) is 7.74. The Bertz CT molecular complexity index is 1170. The normalized spacial score (nSPS) is 15.3. The molecule has 0 spiro atoms. The quantitative estimate of drug-likeness (QED) is 0.431. The minimum absolute atomic E-state index is 0.587. The van der Waals surface area contributed by atoms with Gasteiger partial charge in [0.1, 0.15) is 11.4 Å². The van der Waals surface area contributed by atoms with Gasteiger partial charge in [-0.3, -0.25) is 14.1 Å². The highest BCUT2D eigenvalue weighted by molar-refractivity contribution is 9.10. The molecular formula is C22H21BrN4O2. The smallest absolute Gasteiger partial charge is 0.216 e.